The van der Waals surface area contributed by atoms with E-state index in [1.807, 2.05) is 6.92 Å². The van der Waals surface area contributed by atoms with Crippen LogP contribution < -0.4 is 4.72 Å². The summed E-state index contributed by atoms with van der Waals surface area (Å²) in [5.41, 5.74) is -0.0987. The van der Waals surface area contributed by atoms with Crippen molar-refractivity contribution < 1.29 is 13.5 Å². The molecule has 1 fully saturated rings. The molecule has 2 atom stereocenters. The number of aliphatic hydroxyl groups is 1. The van der Waals surface area contributed by atoms with Gasteiger partial charge in [0.25, 0.3) is 0 Å². The largest absolute Gasteiger partial charge is 0.389 e. The molecular formula is C13H18BrNO3S. The van der Waals surface area contributed by atoms with E-state index >= 15 is 0 Å². The highest BCUT2D eigenvalue weighted by atomic mass is 79.9. The number of sulfonamides is 1. The third kappa shape index (κ3) is 3.18. The molecular weight excluding hydrogens is 330 g/mol. The molecule has 106 valence electrons. The number of aryl methyl sites for hydroxylation is 1. The molecule has 0 spiro atoms. The van der Waals surface area contributed by atoms with E-state index in [-0.39, 0.29) is 4.90 Å². The van der Waals surface area contributed by atoms with Crippen molar-refractivity contribution in [1.82, 2.24) is 4.72 Å². The number of hydrogen-bond acceptors (Lipinski definition) is 3. The maximum atomic E-state index is 12.3. The molecule has 19 heavy (non-hydrogen) atoms. The van der Waals surface area contributed by atoms with Crippen LogP contribution in [0.2, 0.25) is 0 Å². The van der Waals surface area contributed by atoms with Crippen LogP contribution in [0.3, 0.4) is 0 Å². The zero-order valence-electron chi connectivity index (χ0n) is 11.0. The standard InChI is InChI=1S/C13H18BrNO3S/c1-9-8-10(5-6-11(9)14)19(17,18)15-12-4-3-7-13(12,2)16/h5-6,8,12,15-16H,3-4,7H2,1-2H3/t12-,13+/m0/s1. The molecule has 1 aromatic rings. The smallest absolute Gasteiger partial charge is 0.240 e. The normalized spacial score (nSPS) is 27.7. The van der Waals surface area contributed by atoms with Gasteiger partial charge >= 0.3 is 0 Å². The van der Waals surface area contributed by atoms with Gasteiger partial charge in [-0.1, -0.05) is 15.9 Å². The van der Waals surface area contributed by atoms with Crippen molar-refractivity contribution in [2.75, 3.05) is 0 Å². The Bertz CT molecular complexity index is 584. The van der Waals surface area contributed by atoms with Crippen LogP contribution in [0.4, 0.5) is 0 Å². The Hall–Kier alpha value is -0.430. The first-order chi connectivity index (χ1) is 8.72. The summed E-state index contributed by atoms with van der Waals surface area (Å²) in [6, 6.07) is 4.48. The monoisotopic (exact) mass is 347 g/mol. The maximum Gasteiger partial charge on any atom is 0.240 e. The summed E-state index contributed by atoms with van der Waals surface area (Å²) < 4.78 is 28.1. The zero-order chi connectivity index (χ0) is 14.3. The van der Waals surface area contributed by atoms with Crippen LogP contribution >= 0.6 is 15.9 Å². The van der Waals surface area contributed by atoms with E-state index in [1.54, 1.807) is 25.1 Å². The SMILES string of the molecule is Cc1cc(S(=O)(=O)N[C@H]2CCC[C@@]2(C)O)ccc1Br. The molecule has 0 unspecified atom stereocenters. The maximum absolute atomic E-state index is 12.3. The summed E-state index contributed by atoms with van der Waals surface area (Å²) in [6.45, 7) is 3.52. The van der Waals surface area contributed by atoms with Crippen LogP contribution in [0.15, 0.2) is 27.6 Å². The highest BCUT2D eigenvalue weighted by Gasteiger charge is 2.39. The lowest BCUT2D eigenvalue weighted by Gasteiger charge is -2.26. The van der Waals surface area contributed by atoms with Crippen molar-refractivity contribution in [3.8, 4) is 0 Å². The van der Waals surface area contributed by atoms with E-state index in [1.165, 1.54) is 0 Å². The summed E-state index contributed by atoms with van der Waals surface area (Å²) in [5.74, 6) is 0. The molecule has 1 aromatic carbocycles. The molecule has 4 nitrogen and oxygen atoms in total. The lowest BCUT2D eigenvalue weighted by Crippen LogP contribution is -2.47. The van der Waals surface area contributed by atoms with Crippen LogP contribution in [0.25, 0.3) is 0 Å². The third-order valence-corrected chi connectivity index (χ3v) is 6.02. The van der Waals surface area contributed by atoms with E-state index in [9.17, 15) is 13.5 Å². The minimum absolute atomic E-state index is 0.232. The van der Waals surface area contributed by atoms with Gasteiger partial charge in [-0.15, -0.1) is 0 Å². The van der Waals surface area contributed by atoms with Crippen LogP contribution in [0.5, 0.6) is 0 Å². The Morgan fingerprint density at radius 2 is 2.16 bits per heavy atom. The van der Waals surface area contributed by atoms with Crippen molar-refractivity contribution in [2.24, 2.45) is 0 Å². The first-order valence-corrected chi connectivity index (χ1v) is 8.51. The van der Waals surface area contributed by atoms with Gasteiger partial charge in [0.2, 0.25) is 10.0 Å². The van der Waals surface area contributed by atoms with E-state index in [2.05, 4.69) is 20.7 Å². The van der Waals surface area contributed by atoms with E-state index in [4.69, 9.17) is 0 Å². The number of hydrogen-bond donors (Lipinski definition) is 2. The molecule has 0 saturated heterocycles. The second-order valence-electron chi connectivity index (χ2n) is 5.33. The molecule has 0 bridgehead atoms. The molecule has 0 aliphatic heterocycles. The number of rotatable bonds is 3. The highest BCUT2D eigenvalue weighted by Crippen LogP contribution is 2.30. The molecule has 0 amide bonds. The first-order valence-electron chi connectivity index (χ1n) is 6.23. The molecule has 6 heteroatoms. The predicted octanol–water partition coefficient (Wildman–Crippen LogP) is 2.34. The molecule has 1 aliphatic carbocycles. The van der Waals surface area contributed by atoms with Crippen LogP contribution in [0.1, 0.15) is 31.7 Å². The Balaban J connectivity index is 2.25. The van der Waals surface area contributed by atoms with Gasteiger partial charge in [0.1, 0.15) is 0 Å². The van der Waals surface area contributed by atoms with E-state index < -0.39 is 21.7 Å². The Morgan fingerprint density at radius 1 is 1.47 bits per heavy atom. The summed E-state index contributed by atoms with van der Waals surface area (Å²) in [6.07, 6.45) is 2.13. The average molecular weight is 348 g/mol. The summed E-state index contributed by atoms with van der Waals surface area (Å²) in [4.78, 5) is 0.232. The van der Waals surface area contributed by atoms with Gasteiger partial charge in [-0.05, 0) is 56.9 Å². The van der Waals surface area contributed by atoms with Crippen molar-refractivity contribution in [3.05, 3.63) is 28.2 Å². The summed E-state index contributed by atoms with van der Waals surface area (Å²) >= 11 is 3.35. The Kier molecular flexibility index (Phi) is 4.07. The zero-order valence-corrected chi connectivity index (χ0v) is 13.4. The molecule has 2 rings (SSSR count). The predicted molar refractivity (Wildman–Crippen MR) is 77.5 cm³/mol. The van der Waals surface area contributed by atoms with Crippen LogP contribution in [0, 0.1) is 6.92 Å². The van der Waals surface area contributed by atoms with Crippen molar-refractivity contribution >= 4 is 26.0 Å². The molecule has 2 N–H and O–H groups in total. The summed E-state index contributed by atoms with van der Waals surface area (Å²) in [5, 5.41) is 10.1. The highest BCUT2D eigenvalue weighted by molar-refractivity contribution is 9.10. The first kappa shape index (κ1) is 15.0. The fraction of sp³-hybridized carbons (Fsp3) is 0.538. The van der Waals surface area contributed by atoms with Gasteiger partial charge in [0.05, 0.1) is 16.5 Å². The van der Waals surface area contributed by atoms with Crippen LogP contribution in [-0.2, 0) is 10.0 Å². The van der Waals surface area contributed by atoms with Crippen molar-refractivity contribution in [1.29, 1.82) is 0 Å². The quantitative estimate of drug-likeness (QED) is 0.881. The van der Waals surface area contributed by atoms with Crippen molar-refractivity contribution in [2.45, 2.75) is 49.6 Å². The lowest BCUT2D eigenvalue weighted by molar-refractivity contribution is 0.0466. The number of halogens is 1. The minimum atomic E-state index is -3.58. The van der Waals surface area contributed by atoms with E-state index in [0.717, 1.165) is 16.5 Å². The molecule has 1 aliphatic rings. The second kappa shape index (κ2) is 5.16. The van der Waals surface area contributed by atoms with Gasteiger partial charge < -0.3 is 5.11 Å². The molecule has 0 heterocycles. The van der Waals surface area contributed by atoms with Gasteiger partial charge in [0.15, 0.2) is 0 Å². The summed E-state index contributed by atoms with van der Waals surface area (Å²) in [7, 11) is -3.58. The van der Waals surface area contributed by atoms with Gasteiger partial charge in [0, 0.05) is 4.47 Å². The van der Waals surface area contributed by atoms with Gasteiger partial charge in [-0.3, -0.25) is 0 Å². The molecule has 0 aromatic heterocycles. The van der Waals surface area contributed by atoms with Gasteiger partial charge in [-0.25, -0.2) is 13.1 Å². The molecule has 0 radical (unpaired) electrons. The average Bonchev–Trinajstić information content (AvgIpc) is 2.61. The lowest BCUT2D eigenvalue weighted by atomic mass is 10.0. The Labute approximate surface area is 122 Å². The number of nitrogens with one attached hydrogen (secondary N) is 1. The van der Waals surface area contributed by atoms with E-state index in [0.29, 0.717) is 12.8 Å². The Morgan fingerprint density at radius 3 is 2.68 bits per heavy atom. The fourth-order valence-electron chi connectivity index (χ4n) is 2.37. The third-order valence-electron chi connectivity index (χ3n) is 3.66. The minimum Gasteiger partial charge on any atom is -0.389 e. The number of benzene rings is 1. The van der Waals surface area contributed by atoms with Crippen LogP contribution in [-0.4, -0.2) is 25.2 Å². The fourth-order valence-corrected chi connectivity index (χ4v) is 4.08. The second-order valence-corrected chi connectivity index (χ2v) is 7.90. The molecule has 1 saturated carbocycles. The van der Waals surface area contributed by atoms with Gasteiger partial charge in [-0.2, -0.15) is 0 Å². The van der Waals surface area contributed by atoms with Crippen molar-refractivity contribution in [3.63, 3.8) is 0 Å². The topological polar surface area (TPSA) is 66.4 Å².